The van der Waals surface area contributed by atoms with E-state index < -0.39 is 16.1 Å². The number of aliphatic hydroxyl groups excluding tert-OH is 1. The van der Waals surface area contributed by atoms with Gasteiger partial charge in [-0.1, -0.05) is 12.1 Å². The van der Waals surface area contributed by atoms with Crippen LogP contribution >= 0.6 is 11.5 Å². The molecule has 1 aromatic carbocycles. The van der Waals surface area contributed by atoms with Crippen LogP contribution < -0.4 is 15.4 Å². The predicted molar refractivity (Wildman–Crippen MR) is 157 cm³/mol. The Balaban J connectivity index is 1.69. The highest BCUT2D eigenvalue weighted by Crippen LogP contribution is 2.35. The molecule has 4 rings (SSSR count). The third-order valence-electron chi connectivity index (χ3n) is 6.79. The summed E-state index contributed by atoms with van der Waals surface area (Å²) in [6.07, 6.45) is -0.636. The van der Waals surface area contributed by atoms with Crippen molar-refractivity contribution in [2.75, 3.05) is 57.6 Å². The second kappa shape index (κ2) is 13.3. The van der Waals surface area contributed by atoms with Gasteiger partial charge in [-0.2, -0.15) is 8.68 Å². The largest absolute Gasteiger partial charge is 0.491 e. The molecule has 0 spiro atoms. The maximum atomic E-state index is 12.7. The van der Waals surface area contributed by atoms with E-state index in [2.05, 4.69) is 15.0 Å². The zero-order valence-electron chi connectivity index (χ0n) is 23.6. The molecular weight excluding hydrogens is 552 g/mol. The molecule has 1 aliphatic rings. The van der Waals surface area contributed by atoms with Gasteiger partial charge in [-0.3, -0.25) is 0 Å². The van der Waals surface area contributed by atoms with E-state index in [1.165, 1.54) is 15.8 Å². The molecule has 0 amide bonds. The SMILES string of the molecule is CCS(=O)(=O)N1CCOC[C@@H]1CNc1nc(-c2cccc(OCC(O)CNC)c2)nc(-c2c(C)nsc2C)c1C. The molecule has 11 nitrogen and oxygen atoms in total. The normalized spacial score (nSPS) is 17.1. The number of hydrogen-bond acceptors (Lipinski definition) is 11. The molecule has 1 unspecified atom stereocenters. The molecule has 13 heteroatoms. The number of aliphatic hydroxyl groups is 1. The van der Waals surface area contributed by atoms with Gasteiger partial charge in [0.2, 0.25) is 10.0 Å². The summed E-state index contributed by atoms with van der Waals surface area (Å²) >= 11 is 1.43. The summed E-state index contributed by atoms with van der Waals surface area (Å²) in [6, 6.07) is 7.09. The van der Waals surface area contributed by atoms with Gasteiger partial charge in [-0.05, 0) is 58.4 Å². The number of sulfonamides is 1. The quantitative estimate of drug-likeness (QED) is 0.289. The van der Waals surface area contributed by atoms with E-state index in [9.17, 15) is 13.5 Å². The van der Waals surface area contributed by atoms with Crippen LogP contribution in [0.2, 0.25) is 0 Å². The third-order valence-corrected chi connectivity index (χ3v) is 9.56. The predicted octanol–water partition coefficient (Wildman–Crippen LogP) is 2.61. The van der Waals surface area contributed by atoms with Gasteiger partial charge in [0, 0.05) is 41.2 Å². The van der Waals surface area contributed by atoms with Gasteiger partial charge in [0.15, 0.2) is 5.82 Å². The van der Waals surface area contributed by atoms with Gasteiger partial charge in [-0.25, -0.2) is 18.4 Å². The number of aryl methyl sites for hydroxylation is 2. The highest BCUT2D eigenvalue weighted by atomic mass is 32.2. The summed E-state index contributed by atoms with van der Waals surface area (Å²) < 4.78 is 42.9. The molecule has 1 aliphatic heterocycles. The monoisotopic (exact) mass is 590 g/mol. The first kappa shape index (κ1) is 30.3. The number of nitrogens with zero attached hydrogens (tertiary/aromatic N) is 4. The van der Waals surface area contributed by atoms with Crippen LogP contribution in [0, 0.1) is 20.8 Å². The van der Waals surface area contributed by atoms with Crippen molar-refractivity contribution in [3.63, 3.8) is 0 Å². The summed E-state index contributed by atoms with van der Waals surface area (Å²) in [5, 5.41) is 16.4. The van der Waals surface area contributed by atoms with Crippen LogP contribution in [0.25, 0.3) is 22.6 Å². The standard InChI is InChI=1S/C27H38N6O5S2/c1-6-40(35,36)33-10-11-37-15-21(33)13-29-26-17(2)25(24-18(3)32-39-19(24)4)30-27(31-26)20-8-7-9-23(12-20)38-16-22(34)14-28-5/h7-9,12,21-22,28,34H,6,10-11,13-16H2,1-5H3,(H,29,30,31)/t21-,22?/m0/s1. The Bertz CT molecular complexity index is 1390. The highest BCUT2D eigenvalue weighted by Gasteiger charge is 2.32. The minimum atomic E-state index is -3.37. The number of benzene rings is 1. The lowest BCUT2D eigenvalue weighted by Gasteiger charge is -2.34. The van der Waals surface area contributed by atoms with Crippen LogP contribution in [0.3, 0.4) is 0 Å². The van der Waals surface area contributed by atoms with E-state index in [0.29, 0.717) is 50.2 Å². The van der Waals surface area contributed by atoms with Crippen LogP contribution in [0.5, 0.6) is 5.75 Å². The smallest absolute Gasteiger partial charge is 0.214 e. The van der Waals surface area contributed by atoms with Gasteiger partial charge >= 0.3 is 0 Å². The van der Waals surface area contributed by atoms with E-state index >= 15 is 0 Å². The molecule has 3 N–H and O–H groups in total. The first-order valence-corrected chi connectivity index (χ1v) is 15.7. The van der Waals surface area contributed by atoms with Crippen molar-refractivity contribution >= 4 is 27.4 Å². The Kier molecular flexibility index (Phi) is 10.1. The van der Waals surface area contributed by atoms with Crippen molar-refractivity contribution in [3.8, 4) is 28.4 Å². The number of nitrogens with one attached hydrogen (secondary N) is 2. The fraction of sp³-hybridized carbons (Fsp3) is 0.519. The molecule has 40 heavy (non-hydrogen) atoms. The van der Waals surface area contributed by atoms with Crippen molar-refractivity contribution in [1.29, 1.82) is 0 Å². The molecule has 3 aromatic rings. The minimum Gasteiger partial charge on any atom is -0.491 e. The van der Waals surface area contributed by atoms with Gasteiger partial charge in [0.05, 0.1) is 36.4 Å². The minimum absolute atomic E-state index is 0.0401. The molecule has 2 atom stereocenters. The number of hydrogen-bond donors (Lipinski definition) is 3. The number of rotatable bonds is 12. The molecule has 1 fully saturated rings. The van der Waals surface area contributed by atoms with Crippen molar-refractivity contribution < 1.29 is 23.0 Å². The molecular formula is C27H38N6O5S2. The Hall–Kier alpha value is -2.68. The number of morpholine rings is 1. The van der Waals surface area contributed by atoms with Crippen LogP contribution in [0.15, 0.2) is 24.3 Å². The summed E-state index contributed by atoms with van der Waals surface area (Å²) in [5.41, 5.74) is 4.22. The van der Waals surface area contributed by atoms with E-state index in [1.54, 1.807) is 14.0 Å². The Morgan fingerprint density at radius 1 is 1.27 bits per heavy atom. The average molecular weight is 591 g/mol. The molecule has 0 aliphatic carbocycles. The molecule has 3 heterocycles. The average Bonchev–Trinajstić information content (AvgIpc) is 3.29. The van der Waals surface area contributed by atoms with Crippen molar-refractivity contribution in [2.24, 2.45) is 0 Å². The summed E-state index contributed by atoms with van der Waals surface area (Å²) in [7, 11) is -1.60. The highest BCUT2D eigenvalue weighted by molar-refractivity contribution is 7.89. The first-order chi connectivity index (χ1) is 19.1. The molecule has 2 aromatic heterocycles. The number of likely N-dealkylation sites (N-methyl/N-ethyl adjacent to an activating group) is 1. The van der Waals surface area contributed by atoms with Crippen molar-refractivity contribution in [2.45, 2.75) is 39.8 Å². The molecule has 1 saturated heterocycles. The molecule has 0 saturated carbocycles. The van der Waals surface area contributed by atoms with Crippen LogP contribution in [0.4, 0.5) is 5.82 Å². The lowest BCUT2D eigenvalue weighted by Crippen LogP contribution is -2.52. The van der Waals surface area contributed by atoms with E-state index in [-0.39, 0.29) is 18.4 Å². The maximum absolute atomic E-state index is 12.7. The van der Waals surface area contributed by atoms with Crippen LogP contribution in [0.1, 0.15) is 23.1 Å². The Labute approximate surface area is 240 Å². The maximum Gasteiger partial charge on any atom is 0.214 e. The number of aromatic nitrogens is 3. The fourth-order valence-electron chi connectivity index (χ4n) is 4.64. The van der Waals surface area contributed by atoms with Crippen molar-refractivity contribution in [3.05, 3.63) is 40.4 Å². The molecule has 0 radical (unpaired) electrons. The molecule has 0 bridgehead atoms. The van der Waals surface area contributed by atoms with Crippen LogP contribution in [-0.4, -0.2) is 96.6 Å². The van der Waals surface area contributed by atoms with Gasteiger partial charge in [0.25, 0.3) is 0 Å². The van der Waals surface area contributed by atoms with Crippen molar-refractivity contribution in [1.82, 2.24) is 24.0 Å². The second-order valence-electron chi connectivity index (χ2n) is 9.74. The Morgan fingerprint density at radius 3 is 2.77 bits per heavy atom. The van der Waals surface area contributed by atoms with E-state index in [4.69, 9.17) is 19.4 Å². The number of ether oxygens (including phenoxy) is 2. The van der Waals surface area contributed by atoms with E-state index in [1.807, 2.05) is 45.0 Å². The zero-order valence-corrected chi connectivity index (χ0v) is 25.2. The van der Waals surface area contributed by atoms with Gasteiger partial charge in [-0.15, -0.1) is 0 Å². The second-order valence-corrected chi connectivity index (χ2v) is 12.9. The topological polar surface area (TPSA) is 139 Å². The first-order valence-electron chi connectivity index (χ1n) is 13.3. The Morgan fingerprint density at radius 2 is 2.08 bits per heavy atom. The zero-order chi connectivity index (χ0) is 28.9. The summed E-state index contributed by atoms with van der Waals surface area (Å²) in [4.78, 5) is 10.9. The summed E-state index contributed by atoms with van der Waals surface area (Å²) in [5.74, 6) is 1.74. The molecule has 218 valence electrons. The van der Waals surface area contributed by atoms with Gasteiger partial charge < -0.3 is 25.2 Å². The van der Waals surface area contributed by atoms with E-state index in [0.717, 1.165) is 33.0 Å². The number of anilines is 1. The lowest BCUT2D eigenvalue weighted by atomic mass is 10.1. The van der Waals surface area contributed by atoms with Gasteiger partial charge in [0.1, 0.15) is 24.3 Å². The lowest BCUT2D eigenvalue weighted by molar-refractivity contribution is 0.0373. The fourth-order valence-corrected chi connectivity index (χ4v) is 6.62. The summed E-state index contributed by atoms with van der Waals surface area (Å²) in [6.45, 7) is 9.52. The van der Waals surface area contributed by atoms with Crippen LogP contribution in [-0.2, 0) is 14.8 Å². The third kappa shape index (κ3) is 6.96.